The number of fused-ring (bicyclic) bond motifs is 3. The molecular formula is C28H48. The fraction of sp³-hybridized carbons (Fsp3) is 0.929. The predicted octanol–water partition coefficient (Wildman–Crippen LogP) is 8.79. The first-order valence-electron chi connectivity index (χ1n) is 13.2. The third kappa shape index (κ3) is 7.11. The molecule has 4 unspecified atom stereocenters. The molecule has 0 aromatic carbocycles. The van der Waals surface area contributed by atoms with Gasteiger partial charge >= 0.3 is 0 Å². The topological polar surface area (TPSA) is 0 Å². The molecule has 160 valence electrons. The summed E-state index contributed by atoms with van der Waals surface area (Å²) in [6.45, 7) is 4.87. The molecular weight excluding hydrogens is 336 g/mol. The smallest absolute Gasteiger partial charge is 0.0231 e. The van der Waals surface area contributed by atoms with Crippen LogP contribution < -0.4 is 0 Å². The minimum absolute atomic E-state index is 0.708. The van der Waals surface area contributed by atoms with Gasteiger partial charge in [0.25, 0.3) is 0 Å². The maximum atomic E-state index is 3.85. The van der Waals surface area contributed by atoms with E-state index in [2.05, 4.69) is 25.7 Å². The average Bonchev–Trinajstić information content (AvgIpc) is 2.73. The zero-order valence-corrected chi connectivity index (χ0v) is 19.2. The van der Waals surface area contributed by atoms with Crippen molar-refractivity contribution in [2.75, 3.05) is 0 Å². The second-order valence-corrected chi connectivity index (χ2v) is 10.8. The van der Waals surface area contributed by atoms with Gasteiger partial charge in [-0.1, -0.05) is 84.0 Å². The standard InChI is InChI=1S/C28H48/c1-3-24-21-25(22-24)17-18-28-16-12-13-23(2)26-14-10-8-6-4-5-7-9-11-15-27(28)20-19-26/h23-28H,3-11,13-15,17-22H2,1-2H3. The Morgan fingerprint density at radius 1 is 0.679 bits per heavy atom. The molecule has 0 nitrogen and oxygen atoms in total. The monoisotopic (exact) mass is 384 g/mol. The summed E-state index contributed by atoms with van der Waals surface area (Å²) in [5.41, 5.74) is 0. The van der Waals surface area contributed by atoms with Crippen LogP contribution in [0, 0.1) is 47.3 Å². The Morgan fingerprint density at radius 2 is 1.29 bits per heavy atom. The van der Waals surface area contributed by atoms with Crippen molar-refractivity contribution in [2.24, 2.45) is 35.5 Å². The maximum Gasteiger partial charge on any atom is 0.0231 e. The number of rotatable bonds is 4. The SMILES string of the molecule is CCC1CC(CCC2C#CCC(C)C3CCCCCCCCCCC2CC3)C1. The van der Waals surface area contributed by atoms with Crippen LogP contribution in [0.25, 0.3) is 0 Å². The minimum Gasteiger partial charge on any atom is -0.103 e. The van der Waals surface area contributed by atoms with E-state index in [-0.39, 0.29) is 0 Å². The molecule has 0 amide bonds. The Balaban J connectivity index is 1.59. The molecule has 0 heteroatoms. The summed E-state index contributed by atoms with van der Waals surface area (Å²) < 4.78 is 0. The third-order valence-corrected chi connectivity index (χ3v) is 8.69. The highest BCUT2D eigenvalue weighted by molar-refractivity contribution is 5.07. The van der Waals surface area contributed by atoms with Crippen LogP contribution in [-0.2, 0) is 0 Å². The van der Waals surface area contributed by atoms with Crippen molar-refractivity contribution in [3.8, 4) is 11.8 Å². The first-order valence-corrected chi connectivity index (χ1v) is 13.2. The molecule has 0 saturated heterocycles. The Kier molecular flexibility index (Phi) is 9.77. The molecule has 0 spiro atoms. The zero-order chi connectivity index (χ0) is 19.6. The highest BCUT2D eigenvalue weighted by Crippen LogP contribution is 2.41. The summed E-state index contributed by atoms with van der Waals surface area (Å²) in [6, 6.07) is 0. The molecule has 2 saturated carbocycles. The van der Waals surface area contributed by atoms with Gasteiger partial charge in [-0.2, -0.15) is 0 Å². The van der Waals surface area contributed by atoms with Crippen LogP contribution in [0.2, 0.25) is 0 Å². The summed E-state index contributed by atoms with van der Waals surface area (Å²) in [5.74, 6) is 13.0. The van der Waals surface area contributed by atoms with Crippen molar-refractivity contribution in [1.82, 2.24) is 0 Å². The summed E-state index contributed by atoms with van der Waals surface area (Å²) in [6.07, 6.45) is 26.1. The van der Waals surface area contributed by atoms with Gasteiger partial charge in [0.1, 0.15) is 0 Å². The van der Waals surface area contributed by atoms with E-state index in [1.54, 1.807) is 0 Å². The van der Waals surface area contributed by atoms with E-state index in [9.17, 15) is 0 Å². The predicted molar refractivity (Wildman–Crippen MR) is 123 cm³/mol. The van der Waals surface area contributed by atoms with E-state index >= 15 is 0 Å². The Hall–Kier alpha value is -0.440. The lowest BCUT2D eigenvalue weighted by atomic mass is 9.69. The van der Waals surface area contributed by atoms with E-state index in [1.807, 2.05) is 0 Å². The molecule has 4 atom stereocenters. The van der Waals surface area contributed by atoms with Crippen molar-refractivity contribution in [3.63, 3.8) is 0 Å². The number of hydrogen-bond acceptors (Lipinski definition) is 0. The van der Waals surface area contributed by atoms with E-state index in [0.29, 0.717) is 5.92 Å². The lowest BCUT2D eigenvalue weighted by Crippen LogP contribution is -2.24. The maximum absolute atomic E-state index is 3.85. The normalized spacial score (nSPS) is 38.1. The highest BCUT2D eigenvalue weighted by atomic mass is 14.3. The Labute approximate surface area is 177 Å². The molecule has 3 aliphatic rings. The molecule has 3 rings (SSSR count). The molecule has 2 bridgehead atoms. The first-order chi connectivity index (χ1) is 13.8. The second-order valence-electron chi connectivity index (χ2n) is 10.8. The minimum atomic E-state index is 0.708. The first kappa shape index (κ1) is 22.2. The van der Waals surface area contributed by atoms with Crippen molar-refractivity contribution in [3.05, 3.63) is 0 Å². The molecule has 2 fully saturated rings. The van der Waals surface area contributed by atoms with Gasteiger partial charge in [-0.25, -0.2) is 0 Å². The molecule has 0 N–H and O–H groups in total. The largest absolute Gasteiger partial charge is 0.103 e. The Morgan fingerprint density at radius 3 is 1.96 bits per heavy atom. The summed E-state index contributed by atoms with van der Waals surface area (Å²) in [7, 11) is 0. The van der Waals surface area contributed by atoms with Crippen molar-refractivity contribution in [2.45, 2.75) is 129 Å². The van der Waals surface area contributed by atoms with Crippen LogP contribution in [-0.4, -0.2) is 0 Å². The lowest BCUT2D eigenvalue weighted by Gasteiger charge is -2.36. The van der Waals surface area contributed by atoms with Gasteiger partial charge in [-0.3, -0.25) is 0 Å². The molecule has 0 aromatic heterocycles. The average molecular weight is 385 g/mol. The van der Waals surface area contributed by atoms with Gasteiger partial charge < -0.3 is 0 Å². The van der Waals surface area contributed by atoms with Crippen LogP contribution in [0.1, 0.15) is 129 Å². The molecule has 28 heavy (non-hydrogen) atoms. The van der Waals surface area contributed by atoms with Gasteiger partial charge in [0, 0.05) is 12.3 Å². The molecule has 0 radical (unpaired) electrons. The Bertz CT molecular complexity index is 474. The summed E-state index contributed by atoms with van der Waals surface area (Å²) >= 11 is 0. The van der Waals surface area contributed by atoms with E-state index in [1.165, 1.54) is 109 Å². The number of hydrogen-bond donors (Lipinski definition) is 0. The van der Waals surface area contributed by atoms with Crippen LogP contribution in [0.15, 0.2) is 0 Å². The van der Waals surface area contributed by atoms with Gasteiger partial charge in [-0.05, 0) is 74.5 Å². The summed E-state index contributed by atoms with van der Waals surface area (Å²) in [4.78, 5) is 0. The fourth-order valence-electron chi connectivity index (χ4n) is 6.36. The van der Waals surface area contributed by atoms with Gasteiger partial charge in [-0.15, -0.1) is 5.92 Å². The van der Waals surface area contributed by atoms with Crippen LogP contribution >= 0.6 is 0 Å². The van der Waals surface area contributed by atoms with Gasteiger partial charge in [0.15, 0.2) is 0 Å². The fourth-order valence-corrected chi connectivity index (χ4v) is 6.36. The quantitative estimate of drug-likeness (QED) is 0.425. The molecule has 0 heterocycles. The zero-order valence-electron chi connectivity index (χ0n) is 19.2. The van der Waals surface area contributed by atoms with E-state index < -0.39 is 0 Å². The van der Waals surface area contributed by atoms with Gasteiger partial charge in [0.05, 0.1) is 0 Å². The van der Waals surface area contributed by atoms with E-state index in [0.717, 1.165) is 36.0 Å². The molecule has 0 aliphatic heterocycles. The van der Waals surface area contributed by atoms with Crippen LogP contribution in [0.3, 0.4) is 0 Å². The van der Waals surface area contributed by atoms with Crippen molar-refractivity contribution >= 4 is 0 Å². The third-order valence-electron chi connectivity index (χ3n) is 8.69. The van der Waals surface area contributed by atoms with Crippen molar-refractivity contribution in [1.29, 1.82) is 0 Å². The summed E-state index contributed by atoms with van der Waals surface area (Å²) in [5, 5.41) is 0. The lowest BCUT2D eigenvalue weighted by molar-refractivity contribution is 0.161. The van der Waals surface area contributed by atoms with Gasteiger partial charge in [0.2, 0.25) is 0 Å². The molecule has 0 aromatic rings. The van der Waals surface area contributed by atoms with Crippen LogP contribution in [0.4, 0.5) is 0 Å². The highest BCUT2D eigenvalue weighted by Gasteiger charge is 2.30. The van der Waals surface area contributed by atoms with Crippen LogP contribution in [0.5, 0.6) is 0 Å². The molecule has 3 aliphatic carbocycles. The van der Waals surface area contributed by atoms with Crippen molar-refractivity contribution < 1.29 is 0 Å². The van der Waals surface area contributed by atoms with E-state index in [4.69, 9.17) is 0 Å². The second kappa shape index (κ2) is 12.3.